The van der Waals surface area contributed by atoms with E-state index in [1.807, 2.05) is 18.2 Å². The summed E-state index contributed by atoms with van der Waals surface area (Å²) in [6.07, 6.45) is 3.13. The molecule has 0 saturated carbocycles. The SMILES string of the molecule is CC(C)=C[C@@H]1C[C@](CO)(c2ccccc2)CO1. The number of benzene rings is 1. The van der Waals surface area contributed by atoms with Gasteiger partial charge in [-0.3, -0.25) is 0 Å². The third kappa shape index (κ3) is 2.59. The Morgan fingerprint density at radius 3 is 2.71 bits per heavy atom. The molecule has 17 heavy (non-hydrogen) atoms. The first-order valence-electron chi connectivity index (χ1n) is 6.09. The van der Waals surface area contributed by atoms with Gasteiger partial charge < -0.3 is 9.84 Å². The molecular formula is C15H20O2. The molecule has 0 spiro atoms. The molecule has 0 aliphatic carbocycles. The highest BCUT2D eigenvalue weighted by Crippen LogP contribution is 2.36. The Kier molecular flexibility index (Phi) is 3.65. The Balaban J connectivity index is 2.21. The van der Waals surface area contributed by atoms with Gasteiger partial charge in [0.15, 0.2) is 0 Å². The van der Waals surface area contributed by atoms with Crippen LogP contribution in [-0.2, 0) is 10.2 Å². The Morgan fingerprint density at radius 1 is 1.41 bits per heavy atom. The Morgan fingerprint density at radius 2 is 2.12 bits per heavy atom. The molecule has 0 amide bonds. The smallest absolute Gasteiger partial charge is 0.0768 e. The Hall–Kier alpha value is -1.12. The Labute approximate surface area is 103 Å². The summed E-state index contributed by atoms with van der Waals surface area (Å²) in [5.41, 5.74) is 2.21. The standard InChI is InChI=1S/C15H20O2/c1-12(2)8-14-9-15(10-16,11-17-14)13-6-4-3-5-7-13/h3-8,14,16H,9-11H2,1-2H3/t14-,15-/m1/s1. The molecule has 0 aromatic heterocycles. The van der Waals surface area contributed by atoms with Gasteiger partial charge in [0.25, 0.3) is 0 Å². The molecule has 92 valence electrons. The number of rotatable bonds is 3. The van der Waals surface area contributed by atoms with Crippen molar-refractivity contribution in [3.8, 4) is 0 Å². The van der Waals surface area contributed by atoms with Crippen molar-refractivity contribution in [1.82, 2.24) is 0 Å². The zero-order valence-electron chi connectivity index (χ0n) is 10.5. The molecule has 1 aromatic rings. The van der Waals surface area contributed by atoms with Gasteiger partial charge in [-0.15, -0.1) is 0 Å². The molecule has 1 fully saturated rings. The lowest BCUT2D eigenvalue weighted by molar-refractivity contribution is 0.116. The number of aliphatic hydroxyl groups is 1. The van der Waals surface area contributed by atoms with E-state index in [2.05, 4.69) is 32.1 Å². The van der Waals surface area contributed by atoms with Crippen molar-refractivity contribution >= 4 is 0 Å². The third-order valence-corrected chi connectivity index (χ3v) is 3.37. The van der Waals surface area contributed by atoms with E-state index >= 15 is 0 Å². The molecule has 1 N–H and O–H groups in total. The van der Waals surface area contributed by atoms with Crippen LogP contribution in [0.1, 0.15) is 25.8 Å². The summed E-state index contributed by atoms with van der Waals surface area (Å²) < 4.78 is 5.79. The van der Waals surface area contributed by atoms with E-state index in [0.717, 1.165) is 6.42 Å². The molecule has 1 heterocycles. The molecule has 2 rings (SSSR count). The van der Waals surface area contributed by atoms with Gasteiger partial charge in [0.2, 0.25) is 0 Å². The van der Waals surface area contributed by atoms with Gasteiger partial charge >= 0.3 is 0 Å². The average molecular weight is 232 g/mol. The topological polar surface area (TPSA) is 29.5 Å². The first-order valence-corrected chi connectivity index (χ1v) is 6.09. The molecule has 1 aromatic carbocycles. The zero-order valence-corrected chi connectivity index (χ0v) is 10.5. The summed E-state index contributed by atoms with van der Waals surface area (Å²) in [4.78, 5) is 0. The monoisotopic (exact) mass is 232 g/mol. The van der Waals surface area contributed by atoms with Gasteiger partial charge in [-0.1, -0.05) is 42.0 Å². The maximum Gasteiger partial charge on any atom is 0.0768 e. The molecule has 0 bridgehead atoms. The lowest BCUT2D eigenvalue weighted by atomic mass is 9.79. The van der Waals surface area contributed by atoms with Gasteiger partial charge in [0, 0.05) is 5.41 Å². The van der Waals surface area contributed by atoms with E-state index < -0.39 is 0 Å². The highest BCUT2D eigenvalue weighted by Gasteiger charge is 2.40. The van der Waals surface area contributed by atoms with E-state index in [0.29, 0.717) is 6.61 Å². The van der Waals surface area contributed by atoms with Crippen molar-refractivity contribution in [1.29, 1.82) is 0 Å². The van der Waals surface area contributed by atoms with Crippen LogP contribution >= 0.6 is 0 Å². The minimum atomic E-state index is -0.224. The fraction of sp³-hybridized carbons (Fsp3) is 0.467. The van der Waals surface area contributed by atoms with Gasteiger partial charge in [0.05, 0.1) is 19.3 Å². The van der Waals surface area contributed by atoms with Crippen molar-refractivity contribution in [3.63, 3.8) is 0 Å². The molecule has 1 aliphatic heterocycles. The highest BCUT2D eigenvalue weighted by atomic mass is 16.5. The summed E-state index contributed by atoms with van der Waals surface area (Å²) in [6, 6.07) is 10.2. The first-order chi connectivity index (χ1) is 8.16. The second-order valence-corrected chi connectivity index (χ2v) is 5.10. The van der Waals surface area contributed by atoms with Crippen molar-refractivity contribution < 1.29 is 9.84 Å². The molecular weight excluding hydrogens is 212 g/mol. The van der Waals surface area contributed by atoms with Gasteiger partial charge in [-0.05, 0) is 25.8 Å². The zero-order chi connectivity index (χ0) is 12.3. The van der Waals surface area contributed by atoms with Gasteiger partial charge in [-0.2, -0.15) is 0 Å². The average Bonchev–Trinajstić information content (AvgIpc) is 2.74. The number of hydrogen-bond acceptors (Lipinski definition) is 2. The fourth-order valence-corrected chi connectivity index (χ4v) is 2.44. The van der Waals surface area contributed by atoms with Crippen LogP contribution in [0.4, 0.5) is 0 Å². The second kappa shape index (κ2) is 5.03. The predicted octanol–water partition coefficient (Wildman–Crippen LogP) is 2.67. The summed E-state index contributed by atoms with van der Waals surface area (Å²) in [6.45, 7) is 4.89. The number of allylic oxidation sites excluding steroid dienone is 1. The lowest BCUT2D eigenvalue weighted by Crippen LogP contribution is -2.31. The van der Waals surface area contributed by atoms with E-state index in [4.69, 9.17) is 4.74 Å². The molecule has 1 aliphatic rings. The normalized spacial score (nSPS) is 28.1. The molecule has 2 heteroatoms. The minimum absolute atomic E-state index is 0.132. The number of ether oxygens (including phenoxy) is 1. The van der Waals surface area contributed by atoms with Crippen LogP contribution in [0.5, 0.6) is 0 Å². The second-order valence-electron chi connectivity index (χ2n) is 5.10. The molecule has 0 radical (unpaired) electrons. The van der Waals surface area contributed by atoms with E-state index in [9.17, 15) is 5.11 Å². The summed E-state index contributed by atoms with van der Waals surface area (Å²) in [5.74, 6) is 0. The predicted molar refractivity (Wildman–Crippen MR) is 69.0 cm³/mol. The van der Waals surface area contributed by atoms with Crippen molar-refractivity contribution in [2.45, 2.75) is 31.8 Å². The molecule has 2 nitrogen and oxygen atoms in total. The van der Waals surface area contributed by atoms with Crippen LogP contribution in [0.25, 0.3) is 0 Å². The van der Waals surface area contributed by atoms with Crippen LogP contribution in [-0.4, -0.2) is 24.4 Å². The van der Waals surface area contributed by atoms with Crippen molar-refractivity contribution in [2.75, 3.05) is 13.2 Å². The van der Waals surface area contributed by atoms with Crippen LogP contribution < -0.4 is 0 Å². The lowest BCUT2D eigenvalue weighted by Gasteiger charge is -2.25. The van der Waals surface area contributed by atoms with E-state index in [1.165, 1.54) is 11.1 Å². The Bertz CT molecular complexity index is 393. The fourth-order valence-electron chi connectivity index (χ4n) is 2.44. The van der Waals surface area contributed by atoms with Crippen LogP contribution in [0.3, 0.4) is 0 Å². The summed E-state index contributed by atoms with van der Waals surface area (Å²) >= 11 is 0. The summed E-state index contributed by atoms with van der Waals surface area (Å²) in [5, 5.41) is 9.72. The maximum atomic E-state index is 9.72. The largest absolute Gasteiger partial charge is 0.395 e. The van der Waals surface area contributed by atoms with Crippen molar-refractivity contribution in [2.24, 2.45) is 0 Å². The van der Waals surface area contributed by atoms with E-state index in [1.54, 1.807) is 0 Å². The van der Waals surface area contributed by atoms with E-state index in [-0.39, 0.29) is 18.1 Å². The maximum absolute atomic E-state index is 9.72. The third-order valence-electron chi connectivity index (χ3n) is 3.37. The molecule has 0 unspecified atom stereocenters. The molecule has 2 atom stereocenters. The van der Waals surface area contributed by atoms with Crippen LogP contribution in [0.15, 0.2) is 42.0 Å². The van der Waals surface area contributed by atoms with Crippen LogP contribution in [0.2, 0.25) is 0 Å². The van der Waals surface area contributed by atoms with Gasteiger partial charge in [-0.25, -0.2) is 0 Å². The quantitative estimate of drug-likeness (QED) is 0.812. The summed E-state index contributed by atoms with van der Waals surface area (Å²) in [7, 11) is 0. The highest BCUT2D eigenvalue weighted by molar-refractivity contribution is 5.28. The van der Waals surface area contributed by atoms with Crippen LogP contribution in [0, 0.1) is 0 Å². The minimum Gasteiger partial charge on any atom is -0.395 e. The number of hydrogen-bond donors (Lipinski definition) is 1. The number of aliphatic hydroxyl groups excluding tert-OH is 1. The van der Waals surface area contributed by atoms with Crippen molar-refractivity contribution in [3.05, 3.63) is 47.5 Å². The van der Waals surface area contributed by atoms with Gasteiger partial charge in [0.1, 0.15) is 0 Å². The first kappa shape index (κ1) is 12.3. The molecule has 1 saturated heterocycles.